The van der Waals surface area contributed by atoms with Gasteiger partial charge in [-0.05, 0) is 36.6 Å². The van der Waals surface area contributed by atoms with Gasteiger partial charge in [0.2, 0.25) is 10.0 Å². The van der Waals surface area contributed by atoms with Gasteiger partial charge in [-0.15, -0.1) is 11.3 Å². The molecule has 0 bridgehead atoms. The van der Waals surface area contributed by atoms with Gasteiger partial charge in [-0.25, -0.2) is 8.42 Å². The van der Waals surface area contributed by atoms with Crippen LogP contribution in [0.15, 0.2) is 46.7 Å². The Morgan fingerprint density at radius 1 is 1.23 bits per heavy atom. The summed E-state index contributed by atoms with van der Waals surface area (Å²) in [4.78, 5) is 15.8. The Morgan fingerprint density at radius 3 is 2.65 bits per heavy atom. The molecule has 8 heteroatoms. The molecular weight excluding hydrogens is 372 g/mol. The zero-order valence-corrected chi connectivity index (χ0v) is 16.3. The molecule has 6 nitrogen and oxygen atoms in total. The minimum Gasteiger partial charge on any atom is -0.379 e. The van der Waals surface area contributed by atoms with Crippen LogP contribution >= 0.6 is 11.3 Å². The summed E-state index contributed by atoms with van der Waals surface area (Å²) in [6, 6.07) is 10.2. The fourth-order valence-electron chi connectivity index (χ4n) is 2.83. The van der Waals surface area contributed by atoms with Crippen molar-refractivity contribution < 1.29 is 17.9 Å². The second kappa shape index (κ2) is 8.30. The van der Waals surface area contributed by atoms with E-state index in [0.717, 1.165) is 4.88 Å². The molecule has 0 radical (unpaired) electrons. The van der Waals surface area contributed by atoms with Crippen LogP contribution in [0.4, 0.5) is 0 Å². The third-order valence-corrected chi connectivity index (χ3v) is 7.04. The van der Waals surface area contributed by atoms with Crippen LogP contribution in [0.25, 0.3) is 0 Å². The smallest absolute Gasteiger partial charge is 0.254 e. The van der Waals surface area contributed by atoms with Crippen molar-refractivity contribution in [3.63, 3.8) is 0 Å². The Balaban J connectivity index is 1.82. The van der Waals surface area contributed by atoms with E-state index in [4.69, 9.17) is 4.74 Å². The van der Waals surface area contributed by atoms with E-state index in [1.165, 1.54) is 16.4 Å². The Morgan fingerprint density at radius 2 is 2.00 bits per heavy atom. The number of morpholine rings is 1. The van der Waals surface area contributed by atoms with Crippen LogP contribution in [0.5, 0.6) is 0 Å². The average molecular weight is 395 g/mol. The topological polar surface area (TPSA) is 66.9 Å². The van der Waals surface area contributed by atoms with Gasteiger partial charge >= 0.3 is 0 Å². The van der Waals surface area contributed by atoms with Crippen molar-refractivity contribution in [1.29, 1.82) is 0 Å². The molecule has 1 fully saturated rings. The molecule has 26 heavy (non-hydrogen) atoms. The first-order valence-electron chi connectivity index (χ1n) is 8.52. The lowest BCUT2D eigenvalue weighted by Gasteiger charge is -2.26. The number of ether oxygens (including phenoxy) is 1. The lowest BCUT2D eigenvalue weighted by atomic mass is 10.2. The van der Waals surface area contributed by atoms with Crippen LogP contribution in [-0.2, 0) is 21.3 Å². The van der Waals surface area contributed by atoms with Gasteiger partial charge < -0.3 is 9.64 Å². The fourth-order valence-corrected chi connectivity index (χ4v) is 5.00. The van der Waals surface area contributed by atoms with Crippen molar-refractivity contribution in [2.45, 2.75) is 18.4 Å². The molecule has 1 aliphatic rings. The summed E-state index contributed by atoms with van der Waals surface area (Å²) in [5.41, 5.74) is 0.387. The third kappa shape index (κ3) is 4.15. The van der Waals surface area contributed by atoms with E-state index >= 15 is 0 Å². The molecule has 1 aliphatic heterocycles. The molecular formula is C18H22N2O4S2. The van der Waals surface area contributed by atoms with Gasteiger partial charge in [-0.2, -0.15) is 4.31 Å². The van der Waals surface area contributed by atoms with Crippen LogP contribution in [-0.4, -0.2) is 56.4 Å². The highest BCUT2D eigenvalue weighted by Gasteiger charge is 2.27. The van der Waals surface area contributed by atoms with Crippen LogP contribution in [0.1, 0.15) is 22.2 Å². The molecule has 1 saturated heterocycles. The summed E-state index contributed by atoms with van der Waals surface area (Å²) in [6.45, 7) is 4.44. The van der Waals surface area contributed by atoms with Gasteiger partial charge in [0.1, 0.15) is 0 Å². The summed E-state index contributed by atoms with van der Waals surface area (Å²) in [5.74, 6) is -0.167. The molecule has 0 unspecified atom stereocenters. The maximum atomic E-state index is 12.9. The van der Waals surface area contributed by atoms with Gasteiger partial charge in [-0.3, -0.25) is 4.79 Å². The van der Waals surface area contributed by atoms with Crippen molar-refractivity contribution in [3.8, 4) is 0 Å². The van der Waals surface area contributed by atoms with E-state index < -0.39 is 10.0 Å². The van der Waals surface area contributed by atoms with Crippen LogP contribution in [0.2, 0.25) is 0 Å². The Labute approximate surface area is 158 Å². The number of rotatable bonds is 6. The lowest BCUT2D eigenvalue weighted by molar-refractivity contribution is 0.0729. The summed E-state index contributed by atoms with van der Waals surface area (Å²) in [6.07, 6.45) is 0. The summed E-state index contributed by atoms with van der Waals surface area (Å²) in [5, 5.41) is 1.98. The molecule has 3 rings (SSSR count). The lowest BCUT2D eigenvalue weighted by Crippen LogP contribution is -2.40. The standard InChI is InChI=1S/C18H22N2O4S2/c1-2-19(14-16-6-4-12-25-16)18(21)15-5-3-7-17(13-15)26(22,23)20-8-10-24-11-9-20/h3-7,12-13H,2,8-11,14H2,1H3. The van der Waals surface area contributed by atoms with Gasteiger partial charge in [0.15, 0.2) is 0 Å². The van der Waals surface area contributed by atoms with Crippen LogP contribution < -0.4 is 0 Å². The van der Waals surface area contributed by atoms with Crippen molar-refractivity contribution >= 4 is 27.3 Å². The van der Waals surface area contributed by atoms with Gasteiger partial charge in [-0.1, -0.05) is 12.1 Å². The van der Waals surface area contributed by atoms with Gasteiger partial charge in [0.05, 0.1) is 24.7 Å². The maximum absolute atomic E-state index is 12.9. The number of nitrogens with zero attached hydrogens (tertiary/aromatic N) is 2. The van der Waals surface area contributed by atoms with E-state index in [-0.39, 0.29) is 10.8 Å². The maximum Gasteiger partial charge on any atom is 0.254 e. The van der Waals surface area contributed by atoms with Crippen molar-refractivity contribution in [2.24, 2.45) is 0 Å². The molecule has 1 amide bonds. The molecule has 0 aliphatic carbocycles. The first kappa shape index (κ1) is 19.0. The van der Waals surface area contributed by atoms with E-state index in [9.17, 15) is 13.2 Å². The number of amides is 1. The minimum absolute atomic E-state index is 0.150. The number of carbonyl (C=O) groups is 1. The summed E-state index contributed by atoms with van der Waals surface area (Å²) < 4.78 is 32.2. The number of hydrogen-bond donors (Lipinski definition) is 0. The van der Waals surface area contributed by atoms with Crippen molar-refractivity contribution in [1.82, 2.24) is 9.21 Å². The summed E-state index contributed by atoms with van der Waals surface area (Å²) in [7, 11) is -3.62. The largest absolute Gasteiger partial charge is 0.379 e. The highest BCUT2D eigenvalue weighted by molar-refractivity contribution is 7.89. The second-order valence-corrected chi connectivity index (χ2v) is 8.91. The quantitative estimate of drug-likeness (QED) is 0.755. The first-order chi connectivity index (χ1) is 12.5. The Hall–Kier alpha value is -1.74. The molecule has 1 aromatic carbocycles. The highest BCUT2D eigenvalue weighted by Crippen LogP contribution is 2.20. The fraction of sp³-hybridized carbons (Fsp3) is 0.389. The van der Waals surface area contributed by atoms with E-state index in [2.05, 4.69) is 0 Å². The highest BCUT2D eigenvalue weighted by atomic mass is 32.2. The van der Waals surface area contributed by atoms with Gasteiger partial charge in [0.25, 0.3) is 5.91 Å². The molecule has 0 atom stereocenters. The Kier molecular flexibility index (Phi) is 6.08. The first-order valence-corrected chi connectivity index (χ1v) is 10.8. The third-order valence-electron chi connectivity index (χ3n) is 4.28. The number of hydrogen-bond acceptors (Lipinski definition) is 5. The number of carbonyl (C=O) groups excluding carboxylic acids is 1. The monoisotopic (exact) mass is 394 g/mol. The van der Waals surface area contributed by atoms with Gasteiger partial charge in [0, 0.05) is 30.1 Å². The number of thiophene rings is 1. The zero-order chi connectivity index (χ0) is 18.6. The molecule has 1 aromatic heterocycles. The van der Waals surface area contributed by atoms with E-state index in [1.807, 2.05) is 24.4 Å². The van der Waals surface area contributed by atoms with E-state index in [1.54, 1.807) is 28.4 Å². The predicted molar refractivity (Wildman–Crippen MR) is 101 cm³/mol. The average Bonchev–Trinajstić information content (AvgIpc) is 3.19. The Bertz CT molecular complexity index is 844. The molecule has 2 heterocycles. The van der Waals surface area contributed by atoms with Crippen LogP contribution in [0.3, 0.4) is 0 Å². The molecule has 0 saturated carbocycles. The number of benzene rings is 1. The molecule has 140 valence electrons. The molecule has 0 N–H and O–H groups in total. The summed E-state index contributed by atoms with van der Waals surface area (Å²) >= 11 is 1.60. The van der Waals surface area contributed by atoms with E-state index in [0.29, 0.717) is 45.0 Å². The number of sulfonamides is 1. The minimum atomic E-state index is -3.62. The SMILES string of the molecule is CCN(Cc1cccs1)C(=O)c1cccc(S(=O)(=O)N2CCOCC2)c1. The van der Waals surface area contributed by atoms with Crippen molar-refractivity contribution in [3.05, 3.63) is 52.2 Å². The normalized spacial score (nSPS) is 15.7. The predicted octanol–water partition coefficient (Wildman–Crippen LogP) is 2.43. The molecule has 0 spiro atoms. The van der Waals surface area contributed by atoms with Crippen LogP contribution in [0, 0.1) is 0 Å². The van der Waals surface area contributed by atoms with Crippen molar-refractivity contribution in [2.75, 3.05) is 32.8 Å². The second-order valence-electron chi connectivity index (χ2n) is 5.94. The molecule has 2 aromatic rings. The zero-order valence-electron chi connectivity index (χ0n) is 14.6.